The van der Waals surface area contributed by atoms with Crippen LogP contribution in [0.5, 0.6) is 5.75 Å². The molecule has 0 aliphatic carbocycles. The van der Waals surface area contributed by atoms with E-state index < -0.39 is 11.8 Å². The van der Waals surface area contributed by atoms with E-state index in [1.807, 2.05) is 48.5 Å². The Morgan fingerprint density at radius 2 is 1.69 bits per heavy atom. The van der Waals surface area contributed by atoms with Gasteiger partial charge in [0.25, 0.3) is 0 Å². The first-order chi connectivity index (χ1) is 15.4. The monoisotopic (exact) mass is 469 g/mol. The lowest BCUT2D eigenvalue weighted by Crippen LogP contribution is -2.39. The van der Waals surface area contributed by atoms with Crippen molar-refractivity contribution in [2.24, 2.45) is 5.10 Å². The first-order valence-corrected chi connectivity index (χ1v) is 10.5. The number of hydrogen-bond donors (Lipinski definition) is 2. The van der Waals surface area contributed by atoms with Crippen LogP contribution in [0.15, 0.2) is 77.9 Å². The summed E-state index contributed by atoms with van der Waals surface area (Å²) in [4.78, 5) is 24.0. The summed E-state index contributed by atoms with van der Waals surface area (Å²) >= 11 is 12.4. The van der Waals surface area contributed by atoms with Crippen LogP contribution in [0.4, 0.5) is 0 Å². The second kappa shape index (κ2) is 11.3. The van der Waals surface area contributed by atoms with Gasteiger partial charge in [0.2, 0.25) is 0 Å². The summed E-state index contributed by atoms with van der Waals surface area (Å²) in [5.74, 6) is -1.16. The van der Waals surface area contributed by atoms with E-state index in [1.165, 1.54) is 6.21 Å². The summed E-state index contributed by atoms with van der Waals surface area (Å²) in [7, 11) is 0. The van der Waals surface area contributed by atoms with Gasteiger partial charge in [0.1, 0.15) is 12.4 Å². The minimum atomic E-state index is -0.866. The lowest BCUT2D eigenvalue weighted by Gasteiger charge is -2.13. The predicted molar refractivity (Wildman–Crippen MR) is 126 cm³/mol. The zero-order chi connectivity index (χ0) is 22.9. The van der Waals surface area contributed by atoms with Crippen molar-refractivity contribution >= 4 is 41.2 Å². The van der Waals surface area contributed by atoms with Crippen molar-refractivity contribution in [2.75, 3.05) is 0 Å². The summed E-state index contributed by atoms with van der Waals surface area (Å²) in [6, 6.07) is 21.5. The molecule has 0 saturated heterocycles. The SMILES string of the molecule is C[C@H](NC(=O)C(=O)N/N=C\c1ccc(OCc2ccccc2Cl)c(Cl)c1)c1ccccc1. The number of carbonyl (C=O) groups excluding carboxylic acids is 2. The normalized spacial score (nSPS) is 11.7. The average Bonchev–Trinajstić information content (AvgIpc) is 2.80. The van der Waals surface area contributed by atoms with Crippen LogP contribution in [0, 0.1) is 0 Å². The smallest absolute Gasteiger partial charge is 0.329 e. The van der Waals surface area contributed by atoms with E-state index in [4.69, 9.17) is 27.9 Å². The highest BCUT2D eigenvalue weighted by Crippen LogP contribution is 2.27. The zero-order valence-corrected chi connectivity index (χ0v) is 18.7. The molecule has 2 N–H and O–H groups in total. The molecular formula is C24H21Cl2N3O3. The van der Waals surface area contributed by atoms with E-state index in [2.05, 4.69) is 15.8 Å². The molecule has 3 aromatic carbocycles. The largest absolute Gasteiger partial charge is 0.487 e. The fourth-order valence-corrected chi connectivity index (χ4v) is 3.22. The minimum absolute atomic E-state index is 0.277. The summed E-state index contributed by atoms with van der Waals surface area (Å²) in [6.07, 6.45) is 1.38. The molecule has 8 heteroatoms. The quantitative estimate of drug-likeness (QED) is 0.293. The fourth-order valence-electron chi connectivity index (χ4n) is 2.79. The Labute approximate surface area is 196 Å². The van der Waals surface area contributed by atoms with Crippen LogP contribution in [0.25, 0.3) is 0 Å². The Morgan fingerprint density at radius 3 is 2.41 bits per heavy atom. The average molecular weight is 470 g/mol. The molecule has 2 amide bonds. The minimum Gasteiger partial charge on any atom is -0.487 e. The third-order valence-corrected chi connectivity index (χ3v) is 5.19. The number of ether oxygens (including phenoxy) is 1. The molecular weight excluding hydrogens is 449 g/mol. The Morgan fingerprint density at radius 1 is 0.969 bits per heavy atom. The molecule has 0 saturated carbocycles. The number of amides is 2. The molecule has 32 heavy (non-hydrogen) atoms. The van der Waals surface area contributed by atoms with Gasteiger partial charge in [0.05, 0.1) is 17.3 Å². The van der Waals surface area contributed by atoms with Crippen LogP contribution in [-0.2, 0) is 16.2 Å². The van der Waals surface area contributed by atoms with Crippen molar-refractivity contribution < 1.29 is 14.3 Å². The molecule has 0 radical (unpaired) electrons. The van der Waals surface area contributed by atoms with Gasteiger partial charge >= 0.3 is 11.8 Å². The molecule has 0 heterocycles. The van der Waals surface area contributed by atoms with Gasteiger partial charge in [-0.25, -0.2) is 5.43 Å². The van der Waals surface area contributed by atoms with Gasteiger partial charge < -0.3 is 10.1 Å². The van der Waals surface area contributed by atoms with Crippen LogP contribution in [0.1, 0.15) is 29.7 Å². The number of carbonyl (C=O) groups is 2. The van der Waals surface area contributed by atoms with E-state index in [0.717, 1.165) is 11.1 Å². The van der Waals surface area contributed by atoms with Crippen LogP contribution in [0.2, 0.25) is 10.0 Å². The van der Waals surface area contributed by atoms with E-state index in [1.54, 1.807) is 31.2 Å². The maximum absolute atomic E-state index is 12.0. The van der Waals surface area contributed by atoms with Crippen LogP contribution in [-0.4, -0.2) is 18.0 Å². The van der Waals surface area contributed by atoms with Crippen molar-refractivity contribution in [3.8, 4) is 5.75 Å². The molecule has 0 aliphatic rings. The van der Waals surface area contributed by atoms with Crippen molar-refractivity contribution in [3.63, 3.8) is 0 Å². The third kappa shape index (κ3) is 6.57. The second-order valence-electron chi connectivity index (χ2n) is 6.87. The van der Waals surface area contributed by atoms with Gasteiger partial charge in [-0.2, -0.15) is 5.10 Å². The summed E-state index contributed by atoms with van der Waals surface area (Å²) in [5.41, 5.74) is 4.57. The third-order valence-electron chi connectivity index (χ3n) is 4.53. The molecule has 0 spiro atoms. The van der Waals surface area contributed by atoms with Crippen LogP contribution in [0.3, 0.4) is 0 Å². The lowest BCUT2D eigenvalue weighted by molar-refractivity contribution is -0.139. The zero-order valence-electron chi connectivity index (χ0n) is 17.2. The standard InChI is InChI=1S/C24H21Cl2N3O3/c1-16(18-7-3-2-4-8-18)28-23(30)24(31)29-27-14-17-11-12-22(21(26)13-17)32-15-19-9-5-6-10-20(19)25/h2-14,16H,15H2,1H3,(H,28,30)(H,29,31)/b27-14-/t16-/m0/s1. The first-order valence-electron chi connectivity index (χ1n) is 9.78. The molecule has 3 aromatic rings. The second-order valence-corrected chi connectivity index (χ2v) is 7.69. The van der Waals surface area contributed by atoms with E-state index in [0.29, 0.717) is 21.4 Å². The highest BCUT2D eigenvalue weighted by Gasteiger charge is 2.16. The van der Waals surface area contributed by atoms with Gasteiger partial charge in [-0.1, -0.05) is 71.7 Å². The summed E-state index contributed by atoms with van der Waals surface area (Å²) < 4.78 is 5.72. The van der Waals surface area contributed by atoms with Gasteiger partial charge in [0, 0.05) is 10.6 Å². The highest BCUT2D eigenvalue weighted by molar-refractivity contribution is 6.35. The van der Waals surface area contributed by atoms with Crippen molar-refractivity contribution in [1.29, 1.82) is 0 Å². The summed E-state index contributed by atoms with van der Waals surface area (Å²) in [5, 5.41) is 7.43. The van der Waals surface area contributed by atoms with E-state index in [9.17, 15) is 9.59 Å². The number of hydrogen-bond acceptors (Lipinski definition) is 4. The maximum atomic E-state index is 12.0. The highest BCUT2D eigenvalue weighted by atomic mass is 35.5. The van der Waals surface area contributed by atoms with Gasteiger partial charge in [-0.15, -0.1) is 0 Å². The molecule has 0 aliphatic heterocycles. The predicted octanol–water partition coefficient (Wildman–Crippen LogP) is 4.90. The summed E-state index contributed by atoms with van der Waals surface area (Å²) in [6.45, 7) is 2.07. The van der Waals surface area contributed by atoms with Crippen molar-refractivity contribution in [2.45, 2.75) is 19.6 Å². The Bertz CT molecular complexity index is 1120. The van der Waals surface area contributed by atoms with Gasteiger partial charge in [0.15, 0.2) is 0 Å². The number of nitrogens with zero attached hydrogens (tertiary/aromatic N) is 1. The van der Waals surface area contributed by atoms with Crippen molar-refractivity contribution in [1.82, 2.24) is 10.7 Å². The molecule has 6 nitrogen and oxygen atoms in total. The van der Waals surface area contributed by atoms with Crippen LogP contribution < -0.4 is 15.5 Å². The molecule has 0 unspecified atom stereocenters. The van der Waals surface area contributed by atoms with E-state index >= 15 is 0 Å². The van der Waals surface area contributed by atoms with Crippen molar-refractivity contribution in [3.05, 3.63) is 99.5 Å². The Balaban J connectivity index is 1.51. The topological polar surface area (TPSA) is 79.8 Å². The first kappa shape index (κ1) is 23.3. The maximum Gasteiger partial charge on any atom is 0.329 e. The van der Waals surface area contributed by atoms with Gasteiger partial charge in [-0.3, -0.25) is 9.59 Å². The number of halogens is 2. The number of benzene rings is 3. The van der Waals surface area contributed by atoms with Crippen LogP contribution >= 0.6 is 23.2 Å². The number of nitrogens with one attached hydrogen (secondary N) is 2. The molecule has 1 atom stereocenters. The fraction of sp³-hybridized carbons (Fsp3) is 0.125. The van der Waals surface area contributed by atoms with E-state index in [-0.39, 0.29) is 12.6 Å². The molecule has 164 valence electrons. The molecule has 3 rings (SSSR count). The number of hydrazone groups is 1. The van der Waals surface area contributed by atoms with Gasteiger partial charge in [-0.05, 0) is 42.3 Å². The molecule has 0 fully saturated rings. The molecule has 0 bridgehead atoms. The molecule has 0 aromatic heterocycles. The Hall–Kier alpha value is -3.35. The lowest BCUT2D eigenvalue weighted by atomic mass is 10.1. The Kier molecular flexibility index (Phi) is 8.25. The number of rotatable bonds is 7.